The van der Waals surface area contributed by atoms with Crippen molar-refractivity contribution in [1.29, 1.82) is 0 Å². The van der Waals surface area contributed by atoms with Gasteiger partial charge in [-0.25, -0.2) is 22.4 Å². The number of urea groups is 1. The summed E-state index contributed by atoms with van der Waals surface area (Å²) in [5.41, 5.74) is 5.11. The molecule has 0 aliphatic heterocycles. The van der Waals surface area contributed by atoms with Crippen LogP contribution in [0.3, 0.4) is 0 Å². The number of hydrogen-bond donors (Lipinski definition) is 3. The van der Waals surface area contributed by atoms with E-state index in [-0.39, 0.29) is 22.7 Å². The molecule has 0 aromatic heterocycles. The first-order valence-electron chi connectivity index (χ1n) is 16.2. The van der Waals surface area contributed by atoms with Gasteiger partial charge in [0.05, 0.1) is 23.7 Å². The summed E-state index contributed by atoms with van der Waals surface area (Å²) in [5, 5.41) is 13.9. The van der Waals surface area contributed by atoms with Crippen molar-refractivity contribution in [1.82, 2.24) is 5.32 Å². The zero-order chi connectivity index (χ0) is 35.8. The molecule has 3 amide bonds. The third-order valence-corrected chi connectivity index (χ3v) is 10.5. The number of sulfonamides is 1. The van der Waals surface area contributed by atoms with Gasteiger partial charge < -0.3 is 15.7 Å². The van der Waals surface area contributed by atoms with Gasteiger partial charge in [-0.15, -0.1) is 0 Å². The second kappa shape index (κ2) is 15.8. The molecule has 4 aromatic carbocycles. The summed E-state index contributed by atoms with van der Waals surface area (Å²) < 4.78 is 42.0. The predicted molar refractivity (Wildman–Crippen MR) is 193 cm³/mol. The number of hydrogen-bond acceptors (Lipinski definition) is 5. The van der Waals surface area contributed by atoms with E-state index in [4.69, 9.17) is 5.11 Å². The van der Waals surface area contributed by atoms with Crippen molar-refractivity contribution in [3.05, 3.63) is 125 Å². The highest BCUT2D eigenvalue weighted by Crippen LogP contribution is 2.30. The van der Waals surface area contributed by atoms with Crippen molar-refractivity contribution in [3.63, 3.8) is 0 Å². The average Bonchev–Trinajstić information content (AvgIpc) is 3.14. The topological polar surface area (TPSA) is 136 Å². The van der Waals surface area contributed by atoms with Gasteiger partial charge in [-0.2, -0.15) is 0 Å². The number of para-hydroxylation sites is 1. The molecule has 4 aromatic rings. The molecule has 0 saturated heterocycles. The fourth-order valence-electron chi connectivity index (χ4n) is 5.62. The van der Waals surface area contributed by atoms with E-state index in [1.165, 1.54) is 46.4 Å². The highest BCUT2D eigenvalue weighted by molar-refractivity contribution is 7.92. The third-order valence-electron chi connectivity index (χ3n) is 8.55. The lowest BCUT2D eigenvalue weighted by atomic mass is 9.93. The first-order valence-corrected chi connectivity index (χ1v) is 17.6. The minimum absolute atomic E-state index is 0.0506. The molecule has 10 nitrogen and oxygen atoms in total. The standard InChI is InChI=1S/C38H39FN4O6S/c1-26-13-20-31(23-35(26)50(48,49)42(2)32-11-7-4-8-12-32)41-38(47)43(33-21-18-29(19-22-33)28-9-5-3-6-10-28)25-27-14-16-30(17-15-27)36(44)40-24-34(39)37(45)46/h4,7-9,11-23,34H,3,5-6,10,24-25H2,1-2H3,(H,40,44)(H,41,47)(H,45,46). The number of halogens is 1. The number of anilines is 3. The van der Waals surface area contributed by atoms with Crippen molar-refractivity contribution >= 4 is 50.6 Å². The molecule has 0 bridgehead atoms. The van der Waals surface area contributed by atoms with Crippen LogP contribution in [0.25, 0.3) is 5.57 Å². The fraction of sp³-hybridized carbons (Fsp3) is 0.237. The van der Waals surface area contributed by atoms with E-state index in [9.17, 15) is 27.2 Å². The van der Waals surface area contributed by atoms with E-state index in [1.54, 1.807) is 61.5 Å². The van der Waals surface area contributed by atoms with Crippen LogP contribution in [0.5, 0.6) is 0 Å². The van der Waals surface area contributed by atoms with E-state index in [1.807, 2.05) is 24.3 Å². The van der Waals surface area contributed by atoms with Crippen LogP contribution in [0.15, 0.2) is 108 Å². The maximum atomic E-state index is 14.0. The highest BCUT2D eigenvalue weighted by Gasteiger charge is 2.25. The lowest BCUT2D eigenvalue weighted by Gasteiger charge is -2.25. The van der Waals surface area contributed by atoms with Gasteiger partial charge in [0, 0.05) is 24.0 Å². The van der Waals surface area contributed by atoms with Crippen LogP contribution in [-0.2, 0) is 21.4 Å². The largest absolute Gasteiger partial charge is 0.479 e. The molecule has 0 heterocycles. The molecule has 0 radical (unpaired) electrons. The Balaban J connectivity index is 1.40. The number of alkyl halides is 1. The summed E-state index contributed by atoms with van der Waals surface area (Å²) in [4.78, 5) is 38.7. The van der Waals surface area contributed by atoms with Crippen LogP contribution in [0.4, 0.5) is 26.2 Å². The monoisotopic (exact) mass is 698 g/mol. The lowest BCUT2D eigenvalue weighted by Crippen LogP contribution is -2.35. The second-order valence-electron chi connectivity index (χ2n) is 12.0. The summed E-state index contributed by atoms with van der Waals surface area (Å²) in [6, 6.07) is 26.9. The minimum atomic E-state index is -3.96. The molecule has 50 heavy (non-hydrogen) atoms. The molecule has 5 rings (SSSR count). The van der Waals surface area contributed by atoms with Crippen molar-refractivity contribution in [3.8, 4) is 0 Å². The Morgan fingerprint density at radius 3 is 2.24 bits per heavy atom. The van der Waals surface area contributed by atoms with Gasteiger partial charge in [0.25, 0.3) is 15.9 Å². The third kappa shape index (κ3) is 8.56. The normalized spacial score (nSPS) is 13.5. The number of nitrogens with zero attached hydrogens (tertiary/aromatic N) is 2. The molecule has 0 fully saturated rings. The quantitative estimate of drug-likeness (QED) is 0.144. The number of aliphatic carboxylic acids is 1. The van der Waals surface area contributed by atoms with Gasteiger partial charge in [-0.05, 0) is 103 Å². The van der Waals surface area contributed by atoms with Crippen LogP contribution in [0.2, 0.25) is 0 Å². The number of carbonyl (C=O) groups is 3. The summed E-state index contributed by atoms with van der Waals surface area (Å²) >= 11 is 0. The highest BCUT2D eigenvalue weighted by atomic mass is 32.2. The van der Waals surface area contributed by atoms with Gasteiger partial charge in [0.2, 0.25) is 6.17 Å². The average molecular weight is 699 g/mol. The van der Waals surface area contributed by atoms with Crippen LogP contribution in [-0.4, -0.2) is 51.2 Å². The summed E-state index contributed by atoms with van der Waals surface area (Å²) in [5.74, 6) is -2.30. The Morgan fingerprint density at radius 1 is 0.900 bits per heavy atom. The number of carboxylic acid groups (broad SMARTS) is 1. The second-order valence-corrected chi connectivity index (χ2v) is 14.0. The van der Waals surface area contributed by atoms with Crippen LogP contribution >= 0.6 is 0 Å². The van der Waals surface area contributed by atoms with E-state index in [0.717, 1.165) is 24.8 Å². The maximum absolute atomic E-state index is 14.0. The summed E-state index contributed by atoms with van der Waals surface area (Å²) in [6.45, 7) is 1.12. The summed E-state index contributed by atoms with van der Waals surface area (Å²) in [6.07, 6.45) is 4.33. The van der Waals surface area contributed by atoms with E-state index < -0.39 is 40.6 Å². The first kappa shape index (κ1) is 35.8. The Bertz CT molecular complexity index is 1980. The van der Waals surface area contributed by atoms with E-state index in [2.05, 4.69) is 16.7 Å². The van der Waals surface area contributed by atoms with Gasteiger partial charge in [0.15, 0.2) is 0 Å². The number of aryl methyl sites for hydroxylation is 1. The molecular weight excluding hydrogens is 660 g/mol. The number of nitrogens with one attached hydrogen (secondary N) is 2. The molecule has 0 spiro atoms. The van der Waals surface area contributed by atoms with E-state index >= 15 is 0 Å². The Labute approximate surface area is 291 Å². The number of benzene rings is 4. The van der Waals surface area contributed by atoms with Gasteiger partial charge in [-0.1, -0.05) is 54.6 Å². The molecule has 1 aliphatic carbocycles. The Kier molecular flexibility index (Phi) is 11.3. The van der Waals surface area contributed by atoms with Crippen LogP contribution in [0, 0.1) is 6.92 Å². The van der Waals surface area contributed by atoms with Crippen molar-refractivity contribution in [2.45, 2.75) is 50.2 Å². The number of carboxylic acids is 1. The van der Waals surface area contributed by atoms with Crippen molar-refractivity contribution < 1.29 is 32.3 Å². The van der Waals surface area contributed by atoms with Crippen LogP contribution in [0.1, 0.15) is 52.7 Å². The Hall–Kier alpha value is -5.49. The number of allylic oxidation sites excluding steroid dienone is 2. The number of amides is 3. The SMILES string of the molecule is Cc1ccc(NC(=O)N(Cc2ccc(C(=O)NCC(F)C(=O)O)cc2)c2ccc(C3=CCCCC3)cc2)cc1S(=O)(=O)N(C)c1ccccc1. The molecular formula is C38H39FN4O6S. The molecule has 1 aliphatic rings. The van der Waals surface area contributed by atoms with E-state index in [0.29, 0.717) is 22.5 Å². The minimum Gasteiger partial charge on any atom is -0.479 e. The smallest absolute Gasteiger partial charge is 0.340 e. The molecule has 12 heteroatoms. The molecule has 0 saturated carbocycles. The van der Waals surface area contributed by atoms with Crippen molar-refractivity contribution in [2.75, 3.05) is 28.1 Å². The van der Waals surface area contributed by atoms with Gasteiger partial charge >= 0.3 is 12.0 Å². The predicted octanol–water partition coefficient (Wildman–Crippen LogP) is 7.17. The number of rotatable bonds is 12. The number of carbonyl (C=O) groups excluding carboxylic acids is 2. The molecule has 260 valence electrons. The molecule has 1 atom stereocenters. The first-order chi connectivity index (χ1) is 23.9. The lowest BCUT2D eigenvalue weighted by molar-refractivity contribution is -0.142. The zero-order valence-electron chi connectivity index (χ0n) is 27.8. The van der Waals surface area contributed by atoms with Gasteiger partial charge in [0.1, 0.15) is 0 Å². The van der Waals surface area contributed by atoms with Gasteiger partial charge in [-0.3, -0.25) is 14.0 Å². The van der Waals surface area contributed by atoms with Crippen molar-refractivity contribution in [2.24, 2.45) is 0 Å². The van der Waals surface area contributed by atoms with Crippen LogP contribution < -0.4 is 19.8 Å². The summed E-state index contributed by atoms with van der Waals surface area (Å²) in [7, 11) is -2.48. The maximum Gasteiger partial charge on any atom is 0.340 e. The fourth-order valence-corrected chi connectivity index (χ4v) is 7.07. The molecule has 3 N–H and O–H groups in total. The zero-order valence-corrected chi connectivity index (χ0v) is 28.6. The molecule has 1 unspecified atom stereocenters. The Morgan fingerprint density at radius 2 is 1.60 bits per heavy atom.